The maximum absolute atomic E-state index is 12.0. The van der Waals surface area contributed by atoms with Crippen molar-refractivity contribution in [2.24, 2.45) is 17.6 Å². The molecule has 0 bridgehead atoms. The van der Waals surface area contributed by atoms with Gasteiger partial charge in [0.1, 0.15) is 5.54 Å². The molecule has 104 valence electrons. The Kier molecular flexibility index (Phi) is 5.14. The number of aliphatic carboxylic acids is 1. The van der Waals surface area contributed by atoms with Gasteiger partial charge >= 0.3 is 5.97 Å². The topological polar surface area (TPSA) is 92.4 Å². The maximum atomic E-state index is 12.0. The first-order valence-electron chi connectivity index (χ1n) is 6.67. The fraction of sp³-hybridized carbons (Fsp3) is 0.846. The van der Waals surface area contributed by atoms with E-state index in [1.165, 1.54) is 0 Å². The van der Waals surface area contributed by atoms with Crippen LogP contribution in [0.4, 0.5) is 0 Å². The molecule has 1 atom stereocenters. The fourth-order valence-electron chi connectivity index (χ4n) is 2.39. The Morgan fingerprint density at radius 2 is 2.00 bits per heavy atom. The molecule has 0 heterocycles. The smallest absolute Gasteiger partial charge is 0.329 e. The Balaban J connectivity index is 2.69. The number of nitrogens with two attached hydrogens (primary N) is 1. The van der Waals surface area contributed by atoms with Crippen molar-refractivity contribution in [2.75, 3.05) is 6.54 Å². The van der Waals surface area contributed by atoms with Gasteiger partial charge in [-0.05, 0) is 44.6 Å². The molecular formula is C13H24N2O3. The molecule has 18 heavy (non-hydrogen) atoms. The zero-order valence-corrected chi connectivity index (χ0v) is 11.2. The normalized spacial score (nSPS) is 29.6. The second-order valence-electron chi connectivity index (χ2n) is 5.54. The molecule has 0 aliphatic heterocycles. The minimum Gasteiger partial charge on any atom is -0.480 e. The standard InChI is InChI=1S/C13H24N2O3/c1-9-3-6-13(7-4-9,12(17)18)15-11(16)10(2)5-8-14/h9-10H,3-8,14H2,1-2H3,(H,15,16)(H,17,18). The molecule has 0 aromatic heterocycles. The molecule has 1 aliphatic carbocycles. The van der Waals surface area contributed by atoms with E-state index in [2.05, 4.69) is 12.2 Å². The predicted octanol–water partition coefficient (Wildman–Crippen LogP) is 1.12. The zero-order valence-electron chi connectivity index (χ0n) is 11.2. The zero-order chi connectivity index (χ0) is 13.8. The highest BCUT2D eigenvalue weighted by Crippen LogP contribution is 2.32. The summed E-state index contributed by atoms with van der Waals surface area (Å²) in [5.74, 6) is -0.804. The third-order valence-electron chi connectivity index (χ3n) is 3.95. The highest BCUT2D eigenvalue weighted by molar-refractivity contribution is 5.88. The number of hydrogen-bond acceptors (Lipinski definition) is 3. The van der Waals surface area contributed by atoms with Gasteiger partial charge in [0.2, 0.25) is 5.91 Å². The van der Waals surface area contributed by atoms with Gasteiger partial charge in [-0.25, -0.2) is 4.79 Å². The van der Waals surface area contributed by atoms with Gasteiger partial charge in [-0.15, -0.1) is 0 Å². The quantitative estimate of drug-likeness (QED) is 0.687. The van der Waals surface area contributed by atoms with Crippen LogP contribution in [0, 0.1) is 11.8 Å². The molecule has 0 aromatic carbocycles. The van der Waals surface area contributed by atoms with E-state index in [1.807, 2.05) is 0 Å². The van der Waals surface area contributed by atoms with E-state index in [0.717, 1.165) is 12.8 Å². The molecule has 0 radical (unpaired) electrons. The largest absolute Gasteiger partial charge is 0.480 e. The van der Waals surface area contributed by atoms with Crippen LogP contribution in [0.25, 0.3) is 0 Å². The molecule has 1 aliphatic rings. The third-order valence-corrected chi connectivity index (χ3v) is 3.95. The molecule has 1 fully saturated rings. The third kappa shape index (κ3) is 3.45. The lowest BCUT2D eigenvalue weighted by molar-refractivity contribution is -0.150. The van der Waals surface area contributed by atoms with Crippen LogP contribution in [-0.2, 0) is 9.59 Å². The second-order valence-corrected chi connectivity index (χ2v) is 5.54. The lowest BCUT2D eigenvalue weighted by Gasteiger charge is -2.37. The van der Waals surface area contributed by atoms with Gasteiger partial charge in [0.25, 0.3) is 0 Å². The first kappa shape index (κ1) is 15.0. The van der Waals surface area contributed by atoms with Crippen LogP contribution in [-0.4, -0.2) is 29.1 Å². The summed E-state index contributed by atoms with van der Waals surface area (Å²) in [5, 5.41) is 12.1. The molecule has 5 heteroatoms. The van der Waals surface area contributed by atoms with Crippen molar-refractivity contribution < 1.29 is 14.7 Å². The molecule has 1 amide bonds. The van der Waals surface area contributed by atoms with Crippen molar-refractivity contribution in [1.29, 1.82) is 0 Å². The lowest BCUT2D eigenvalue weighted by Crippen LogP contribution is -2.57. The van der Waals surface area contributed by atoms with Crippen molar-refractivity contribution in [2.45, 2.75) is 51.5 Å². The van der Waals surface area contributed by atoms with Crippen molar-refractivity contribution in [1.82, 2.24) is 5.32 Å². The summed E-state index contributed by atoms with van der Waals surface area (Å²) in [6, 6.07) is 0. The van der Waals surface area contributed by atoms with Gasteiger partial charge in [0, 0.05) is 5.92 Å². The van der Waals surface area contributed by atoms with Crippen LogP contribution in [0.2, 0.25) is 0 Å². The summed E-state index contributed by atoms with van der Waals surface area (Å²) in [5.41, 5.74) is 4.35. The summed E-state index contributed by atoms with van der Waals surface area (Å²) < 4.78 is 0. The van der Waals surface area contributed by atoms with Crippen molar-refractivity contribution in [3.05, 3.63) is 0 Å². The van der Waals surface area contributed by atoms with Gasteiger partial charge in [-0.1, -0.05) is 13.8 Å². The van der Waals surface area contributed by atoms with E-state index in [0.29, 0.717) is 31.7 Å². The molecular weight excluding hydrogens is 232 g/mol. The van der Waals surface area contributed by atoms with Crippen molar-refractivity contribution in [3.63, 3.8) is 0 Å². The molecule has 0 spiro atoms. The van der Waals surface area contributed by atoms with Gasteiger partial charge < -0.3 is 16.2 Å². The number of nitrogens with one attached hydrogen (secondary N) is 1. The Morgan fingerprint density at radius 3 is 2.44 bits per heavy atom. The fourth-order valence-corrected chi connectivity index (χ4v) is 2.39. The molecule has 5 nitrogen and oxygen atoms in total. The summed E-state index contributed by atoms with van der Waals surface area (Å²) in [6.07, 6.45) is 3.31. The van der Waals surface area contributed by atoms with E-state index in [-0.39, 0.29) is 11.8 Å². The summed E-state index contributed by atoms with van der Waals surface area (Å²) >= 11 is 0. The Bertz CT molecular complexity index is 309. The Morgan fingerprint density at radius 1 is 1.44 bits per heavy atom. The predicted molar refractivity (Wildman–Crippen MR) is 69.0 cm³/mol. The molecule has 0 saturated heterocycles. The van der Waals surface area contributed by atoms with E-state index in [4.69, 9.17) is 5.73 Å². The molecule has 1 unspecified atom stereocenters. The molecule has 0 aromatic rings. The van der Waals surface area contributed by atoms with Gasteiger partial charge in [-0.2, -0.15) is 0 Å². The number of carbonyl (C=O) groups excluding carboxylic acids is 1. The number of rotatable bonds is 5. The summed E-state index contributed by atoms with van der Waals surface area (Å²) in [7, 11) is 0. The number of amides is 1. The first-order chi connectivity index (χ1) is 8.41. The SMILES string of the molecule is CC1CCC(NC(=O)C(C)CCN)(C(=O)O)CC1. The molecule has 4 N–H and O–H groups in total. The maximum Gasteiger partial charge on any atom is 0.329 e. The summed E-state index contributed by atoms with van der Waals surface area (Å²) in [4.78, 5) is 23.4. The van der Waals surface area contributed by atoms with Crippen LogP contribution in [0.1, 0.15) is 46.0 Å². The van der Waals surface area contributed by atoms with Crippen LogP contribution in [0.15, 0.2) is 0 Å². The number of hydrogen-bond donors (Lipinski definition) is 3. The first-order valence-corrected chi connectivity index (χ1v) is 6.67. The van der Waals surface area contributed by atoms with E-state index in [1.54, 1.807) is 6.92 Å². The van der Waals surface area contributed by atoms with E-state index < -0.39 is 11.5 Å². The van der Waals surface area contributed by atoms with Crippen LogP contribution >= 0.6 is 0 Å². The van der Waals surface area contributed by atoms with Crippen LogP contribution in [0.5, 0.6) is 0 Å². The van der Waals surface area contributed by atoms with E-state index in [9.17, 15) is 14.7 Å². The molecule has 1 saturated carbocycles. The van der Waals surface area contributed by atoms with Crippen molar-refractivity contribution >= 4 is 11.9 Å². The summed E-state index contributed by atoms with van der Waals surface area (Å²) in [6.45, 7) is 4.33. The van der Waals surface area contributed by atoms with Gasteiger partial charge in [0.15, 0.2) is 0 Å². The van der Waals surface area contributed by atoms with Crippen LogP contribution < -0.4 is 11.1 Å². The van der Waals surface area contributed by atoms with Crippen LogP contribution in [0.3, 0.4) is 0 Å². The van der Waals surface area contributed by atoms with Gasteiger partial charge in [0.05, 0.1) is 0 Å². The highest BCUT2D eigenvalue weighted by atomic mass is 16.4. The monoisotopic (exact) mass is 256 g/mol. The molecule has 1 rings (SSSR count). The minimum absolute atomic E-state index is 0.197. The number of carboxylic acids is 1. The average Bonchev–Trinajstić information content (AvgIpc) is 2.32. The Hall–Kier alpha value is -1.10. The van der Waals surface area contributed by atoms with Crippen molar-refractivity contribution in [3.8, 4) is 0 Å². The minimum atomic E-state index is -1.06. The number of carboxylic acid groups (broad SMARTS) is 1. The Labute approximate surface area is 108 Å². The highest BCUT2D eigenvalue weighted by Gasteiger charge is 2.42. The average molecular weight is 256 g/mol. The number of carbonyl (C=O) groups is 2. The van der Waals surface area contributed by atoms with E-state index >= 15 is 0 Å². The second kappa shape index (κ2) is 6.18. The lowest BCUT2D eigenvalue weighted by atomic mass is 9.77. The van der Waals surface area contributed by atoms with Gasteiger partial charge in [-0.3, -0.25) is 4.79 Å².